The van der Waals surface area contributed by atoms with E-state index in [9.17, 15) is 27.6 Å². The average Bonchev–Trinajstić information content (AvgIpc) is 3.57. The Balaban J connectivity index is 1.69. The summed E-state index contributed by atoms with van der Waals surface area (Å²) in [6, 6.07) is 7.10. The summed E-state index contributed by atoms with van der Waals surface area (Å²) in [4.78, 5) is 62.0. The highest BCUT2D eigenvalue weighted by atomic mass is 32.2. The van der Waals surface area contributed by atoms with Crippen molar-refractivity contribution in [3.05, 3.63) is 52.5 Å². The van der Waals surface area contributed by atoms with Gasteiger partial charge >= 0.3 is 0 Å². The summed E-state index contributed by atoms with van der Waals surface area (Å²) in [6.45, 7) is 2.59. The van der Waals surface area contributed by atoms with Gasteiger partial charge in [0.1, 0.15) is 0 Å². The van der Waals surface area contributed by atoms with E-state index in [0.717, 1.165) is 35.5 Å². The number of carbonyl (C=O) groups excluding carboxylic acids is 4. The number of Topliss-reactive ketones (excluding diaryl/α,β-unsaturated/α-hetero) is 1. The van der Waals surface area contributed by atoms with Crippen LogP contribution < -0.4 is 16.8 Å². The number of thiazole rings is 1. The summed E-state index contributed by atoms with van der Waals surface area (Å²) in [5.41, 5.74) is 11.3. The molecule has 0 bridgehead atoms. The Kier molecular flexibility index (Phi) is 14.6. The molecule has 0 saturated carbocycles. The number of rotatable bonds is 19. The highest BCUT2D eigenvalue weighted by molar-refractivity contribution is 7.88. The van der Waals surface area contributed by atoms with Crippen molar-refractivity contribution in [2.75, 3.05) is 39.3 Å². The second-order valence-corrected chi connectivity index (χ2v) is 14.0. The molecule has 1 fully saturated rings. The van der Waals surface area contributed by atoms with Gasteiger partial charge in [-0.25, -0.2) is 13.4 Å². The van der Waals surface area contributed by atoms with Crippen LogP contribution in [0.3, 0.4) is 0 Å². The van der Waals surface area contributed by atoms with Crippen LogP contribution in [0.4, 0.5) is 0 Å². The van der Waals surface area contributed by atoms with E-state index in [1.165, 1.54) is 10.5 Å². The molecule has 0 aliphatic carbocycles. The standard InChI is InChI=1S/C30H44N8O6S2/c1-23(19-27(41)37-14-6-3-7-15-37)38(46(43,44)21-24-9-4-2-5-10-24)17-16-36(22-39)20-26(40)35-25(11-8-12-34-30(31)32)28(42)29-33-13-18-45-29/h2,4-5,9-10,13,18,22-23,25H,3,6-8,11-12,14-17,19-21H2,1H3,(H,35,40)(H4,31,32,34)/t23-,25-/m0/s1. The van der Waals surface area contributed by atoms with Crippen LogP contribution in [0.2, 0.25) is 0 Å². The predicted molar refractivity (Wildman–Crippen MR) is 176 cm³/mol. The summed E-state index contributed by atoms with van der Waals surface area (Å²) in [5.74, 6) is -1.46. The largest absolute Gasteiger partial charge is 0.370 e. The number of aliphatic imine (C=N–C) groups is 1. The molecule has 46 heavy (non-hydrogen) atoms. The molecule has 1 aromatic heterocycles. The molecule has 3 amide bonds. The van der Waals surface area contributed by atoms with E-state index in [1.54, 1.807) is 47.5 Å². The van der Waals surface area contributed by atoms with Crippen molar-refractivity contribution in [2.45, 2.75) is 63.3 Å². The summed E-state index contributed by atoms with van der Waals surface area (Å²) >= 11 is 1.14. The number of amides is 3. The number of guanidine groups is 1. The van der Waals surface area contributed by atoms with Gasteiger partial charge in [-0.2, -0.15) is 4.31 Å². The minimum atomic E-state index is -3.92. The van der Waals surface area contributed by atoms with Gasteiger partial charge in [-0.1, -0.05) is 30.3 Å². The number of piperidine rings is 1. The SMILES string of the molecule is C[C@@H](CC(=O)N1CCCCC1)N(CCN(C=O)CC(=O)N[C@@H](CCCN=C(N)N)C(=O)c1nccs1)S(=O)(=O)Cc1ccccc1. The maximum Gasteiger partial charge on any atom is 0.240 e. The minimum Gasteiger partial charge on any atom is -0.370 e. The number of benzene rings is 1. The lowest BCUT2D eigenvalue weighted by Gasteiger charge is -2.32. The molecule has 14 nitrogen and oxygen atoms in total. The van der Waals surface area contributed by atoms with Crippen molar-refractivity contribution in [3.63, 3.8) is 0 Å². The fraction of sp³-hybridized carbons (Fsp3) is 0.533. The Morgan fingerprint density at radius 2 is 1.85 bits per heavy atom. The van der Waals surface area contributed by atoms with Crippen molar-refractivity contribution in [1.29, 1.82) is 0 Å². The van der Waals surface area contributed by atoms with Crippen LogP contribution in [0.5, 0.6) is 0 Å². The topological polar surface area (TPSA) is 201 Å². The zero-order valence-electron chi connectivity index (χ0n) is 26.1. The first kappa shape index (κ1) is 36.6. The first-order valence-electron chi connectivity index (χ1n) is 15.3. The molecule has 0 spiro atoms. The van der Waals surface area contributed by atoms with Gasteiger partial charge in [-0.05, 0) is 44.6 Å². The van der Waals surface area contributed by atoms with Crippen LogP contribution in [0.15, 0.2) is 46.9 Å². The molecule has 252 valence electrons. The maximum absolute atomic E-state index is 13.7. The normalized spacial score (nSPS) is 14.7. The van der Waals surface area contributed by atoms with Gasteiger partial charge in [-0.15, -0.1) is 11.3 Å². The van der Waals surface area contributed by atoms with Gasteiger partial charge < -0.3 is 26.6 Å². The first-order valence-corrected chi connectivity index (χ1v) is 17.8. The number of likely N-dealkylation sites (tertiary alicyclic amines) is 1. The summed E-state index contributed by atoms with van der Waals surface area (Å²) < 4.78 is 28.6. The van der Waals surface area contributed by atoms with Crippen LogP contribution in [-0.4, -0.2) is 109 Å². The number of hydrogen-bond donors (Lipinski definition) is 3. The van der Waals surface area contributed by atoms with Crippen LogP contribution in [0, 0.1) is 0 Å². The van der Waals surface area contributed by atoms with Crippen molar-refractivity contribution < 1.29 is 27.6 Å². The molecule has 0 radical (unpaired) electrons. The lowest BCUT2D eigenvalue weighted by molar-refractivity contribution is -0.133. The van der Waals surface area contributed by atoms with Gasteiger partial charge in [-0.3, -0.25) is 24.2 Å². The van der Waals surface area contributed by atoms with E-state index in [2.05, 4.69) is 15.3 Å². The first-order chi connectivity index (χ1) is 22.0. The van der Waals surface area contributed by atoms with Gasteiger partial charge in [0.15, 0.2) is 11.0 Å². The molecule has 16 heteroatoms. The van der Waals surface area contributed by atoms with Crippen molar-refractivity contribution in [2.24, 2.45) is 16.5 Å². The number of aromatic nitrogens is 1. The number of nitrogens with two attached hydrogens (primary N) is 2. The van der Waals surface area contributed by atoms with Crippen molar-refractivity contribution in [3.8, 4) is 0 Å². The molecule has 5 N–H and O–H groups in total. The van der Waals surface area contributed by atoms with Gasteiger partial charge in [0.2, 0.25) is 34.0 Å². The number of carbonyl (C=O) groups is 4. The molecule has 3 rings (SSSR count). The smallest absolute Gasteiger partial charge is 0.240 e. The second kappa shape index (κ2) is 18.3. The minimum absolute atomic E-state index is 0.00397. The number of ketones is 1. The van der Waals surface area contributed by atoms with Gasteiger partial charge in [0, 0.05) is 56.8 Å². The zero-order chi connectivity index (χ0) is 33.5. The van der Waals surface area contributed by atoms with Crippen LogP contribution in [-0.2, 0) is 30.2 Å². The number of nitrogens with one attached hydrogen (secondary N) is 1. The molecule has 1 aromatic carbocycles. The lowest BCUT2D eigenvalue weighted by atomic mass is 10.1. The van der Waals surface area contributed by atoms with Gasteiger partial charge in [0.05, 0.1) is 18.3 Å². The Morgan fingerprint density at radius 3 is 2.48 bits per heavy atom. The number of hydrogen-bond acceptors (Lipinski definition) is 9. The Bertz CT molecular complexity index is 1410. The fourth-order valence-electron chi connectivity index (χ4n) is 5.22. The molecule has 1 aliphatic rings. The summed E-state index contributed by atoms with van der Waals surface area (Å²) in [5, 5.41) is 4.56. The monoisotopic (exact) mass is 676 g/mol. The third kappa shape index (κ3) is 11.8. The molecule has 2 heterocycles. The van der Waals surface area contributed by atoms with Crippen molar-refractivity contribution >= 4 is 51.3 Å². The van der Waals surface area contributed by atoms with Crippen molar-refractivity contribution in [1.82, 2.24) is 24.4 Å². The number of sulfonamides is 1. The quantitative estimate of drug-likeness (QED) is 0.0637. The average molecular weight is 677 g/mol. The van der Waals surface area contributed by atoms with E-state index in [1.807, 2.05) is 0 Å². The van der Waals surface area contributed by atoms with Gasteiger partial charge in [0.25, 0.3) is 0 Å². The maximum atomic E-state index is 13.7. The van der Waals surface area contributed by atoms with Crippen LogP contribution in [0.25, 0.3) is 0 Å². The molecule has 1 saturated heterocycles. The molecule has 0 unspecified atom stereocenters. The molecule has 1 aliphatic heterocycles. The summed E-state index contributed by atoms with van der Waals surface area (Å²) in [6.07, 6.45) is 5.47. The van der Waals surface area contributed by atoms with E-state index in [4.69, 9.17) is 11.5 Å². The highest BCUT2D eigenvalue weighted by Crippen LogP contribution is 2.19. The fourth-order valence-corrected chi connectivity index (χ4v) is 7.61. The lowest BCUT2D eigenvalue weighted by Crippen LogP contribution is -2.49. The molecular formula is C30H44N8O6S2. The zero-order valence-corrected chi connectivity index (χ0v) is 27.8. The van der Waals surface area contributed by atoms with E-state index in [-0.39, 0.29) is 60.9 Å². The third-order valence-corrected chi connectivity index (χ3v) is 10.3. The molecule has 2 aromatic rings. The Labute approximate surface area is 274 Å². The third-order valence-electron chi connectivity index (χ3n) is 7.56. The van der Waals surface area contributed by atoms with E-state index < -0.39 is 34.6 Å². The molecular weight excluding hydrogens is 633 g/mol. The number of nitrogens with zero attached hydrogens (tertiary/aromatic N) is 5. The van der Waals surface area contributed by atoms with E-state index in [0.29, 0.717) is 31.5 Å². The predicted octanol–water partition coefficient (Wildman–Crippen LogP) is 0.946. The van der Waals surface area contributed by atoms with Crippen LogP contribution in [0.1, 0.15) is 60.8 Å². The second-order valence-electron chi connectivity index (χ2n) is 11.2. The van der Waals surface area contributed by atoms with E-state index >= 15 is 0 Å². The Morgan fingerprint density at radius 1 is 1.13 bits per heavy atom. The van der Waals surface area contributed by atoms with Crippen LogP contribution >= 0.6 is 11.3 Å². The highest BCUT2D eigenvalue weighted by Gasteiger charge is 2.31. The Hall–Kier alpha value is -3.89. The summed E-state index contributed by atoms with van der Waals surface area (Å²) in [7, 11) is -3.92. The molecule has 2 atom stereocenters.